The van der Waals surface area contributed by atoms with Gasteiger partial charge in [0.15, 0.2) is 0 Å². The van der Waals surface area contributed by atoms with Gasteiger partial charge in [0.1, 0.15) is 11.5 Å². The molecule has 1 aromatic rings. The second kappa shape index (κ2) is 2.84. The van der Waals surface area contributed by atoms with E-state index in [0.717, 1.165) is 31.6 Å². The van der Waals surface area contributed by atoms with Crippen molar-refractivity contribution in [3.8, 4) is 5.75 Å². The molecule has 0 atom stereocenters. The van der Waals surface area contributed by atoms with Crippen molar-refractivity contribution < 1.29 is 9.53 Å². The van der Waals surface area contributed by atoms with Gasteiger partial charge < -0.3 is 4.74 Å². The van der Waals surface area contributed by atoms with E-state index in [1.807, 2.05) is 6.07 Å². The van der Waals surface area contributed by atoms with Crippen LogP contribution >= 0.6 is 0 Å². The van der Waals surface area contributed by atoms with Crippen LogP contribution in [0.15, 0.2) is 18.2 Å². The molecular weight excluding hydrogens is 176 g/mol. The molecule has 1 saturated carbocycles. The summed E-state index contributed by atoms with van der Waals surface area (Å²) in [6.45, 7) is 0.808. The van der Waals surface area contributed by atoms with Crippen LogP contribution in [0.25, 0.3) is 0 Å². The van der Waals surface area contributed by atoms with Crippen molar-refractivity contribution in [2.24, 2.45) is 0 Å². The summed E-state index contributed by atoms with van der Waals surface area (Å²) in [4.78, 5) is 10.9. The van der Waals surface area contributed by atoms with Crippen LogP contribution in [0.2, 0.25) is 0 Å². The van der Waals surface area contributed by atoms with E-state index in [-0.39, 0.29) is 0 Å². The van der Waals surface area contributed by atoms with Crippen molar-refractivity contribution in [2.75, 3.05) is 6.61 Å². The summed E-state index contributed by atoms with van der Waals surface area (Å²) in [7, 11) is 0. The van der Waals surface area contributed by atoms with Crippen molar-refractivity contribution in [1.82, 2.24) is 0 Å². The van der Waals surface area contributed by atoms with Gasteiger partial charge in [0.2, 0.25) is 0 Å². The third kappa shape index (κ3) is 1.14. The van der Waals surface area contributed by atoms with Gasteiger partial charge in [-0.2, -0.15) is 0 Å². The van der Waals surface area contributed by atoms with Crippen molar-refractivity contribution in [1.29, 1.82) is 0 Å². The first kappa shape index (κ1) is 8.04. The van der Waals surface area contributed by atoms with Crippen molar-refractivity contribution in [3.05, 3.63) is 29.3 Å². The Morgan fingerprint density at radius 3 is 2.93 bits per heavy atom. The number of Topliss-reactive ketones (excluding diaryl/α,β-unsaturated/α-hetero) is 1. The fraction of sp³-hybridized carbons (Fsp3) is 0.417. The number of ether oxygens (including phenoxy) is 1. The van der Waals surface area contributed by atoms with Crippen LogP contribution in [-0.4, -0.2) is 12.4 Å². The van der Waals surface area contributed by atoms with Gasteiger partial charge in [-0.15, -0.1) is 0 Å². The maximum Gasteiger partial charge on any atom is 0.134 e. The lowest BCUT2D eigenvalue weighted by Gasteiger charge is -2.24. The van der Waals surface area contributed by atoms with Gasteiger partial charge in [0, 0.05) is 19.3 Å². The summed E-state index contributed by atoms with van der Waals surface area (Å²) in [6.07, 6.45) is 2.49. The molecule has 0 saturated heterocycles. The van der Waals surface area contributed by atoms with Crippen LogP contribution in [-0.2, 0) is 11.2 Å². The van der Waals surface area contributed by atoms with Crippen LogP contribution in [0.3, 0.4) is 0 Å². The molecule has 1 fully saturated rings. The molecule has 14 heavy (non-hydrogen) atoms. The molecule has 72 valence electrons. The van der Waals surface area contributed by atoms with Crippen LogP contribution in [0.1, 0.15) is 29.9 Å². The molecule has 0 amide bonds. The summed E-state index contributed by atoms with van der Waals surface area (Å²) >= 11 is 0. The molecule has 1 aliphatic carbocycles. The second-order valence-electron chi connectivity index (χ2n) is 4.11. The Morgan fingerprint density at radius 1 is 1.29 bits per heavy atom. The van der Waals surface area contributed by atoms with Gasteiger partial charge >= 0.3 is 0 Å². The summed E-state index contributed by atoms with van der Waals surface area (Å²) in [5.41, 5.74) is 2.62. The molecule has 0 radical (unpaired) electrons. The summed E-state index contributed by atoms with van der Waals surface area (Å²) in [5, 5.41) is 0. The number of carbonyl (C=O) groups is 1. The Balaban J connectivity index is 1.89. The Morgan fingerprint density at radius 2 is 2.14 bits per heavy atom. The third-order valence-electron chi connectivity index (χ3n) is 3.13. The van der Waals surface area contributed by atoms with Gasteiger partial charge in [-0.1, -0.05) is 12.1 Å². The standard InChI is InChI=1S/C12H12O2/c13-11-6-10(7-11)8-1-2-12-9(5-8)3-4-14-12/h1-2,5,10H,3-4,6-7H2. The van der Waals surface area contributed by atoms with E-state index < -0.39 is 0 Å². The minimum Gasteiger partial charge on any atom is -0.493 e. The summed E-state index contributed by atoms with van der Waals surface area (Å²) in [6, 6.07) is 6.35. The summed E-state index contributed by atoms with van der Waals surface area (Å²) < 4.78 is 5.44. The number of hydrogen-bond donors (Lipinski definition) is 0. The van der Waals surface area contributed by atoms with Crippen LogP contribution in [0.4, 0.5) is 0 Å². The van der Waals surface area contributed by atoms with Gasteiger partial charge in [0.25, 0.3) is 0 Å². The Bertz CT molecular complexity index is 387. The largest absolute Gasteiger partial charge is 0.493 e. The molecule has 1 aromatic carbocycles. The minimum absolute atomic E-state index is 0.395. The van der Waals surface area contributed by atoms with E-state index in [1.54, 1.807) is 0 Å². The number of ketones is 1. The van der Waals surface area contributed by atoms with Crippen molar-refractivity contribution in [3.63, 3.8) is 0 Å². The first-order chi connectivity index (χ1) is 6.83. The smallest absolute Gasteiger partial charge is 0.134 e. The molecular formula is C12H12O2. The third-order valence-corrected chi connectivity index (χ3v) is 3.13. The highest BCUT2D eigenvalue weighted by Gasteiger charge is 2.28. The van der Waals surface area contributed by atoms with Crippen molar-refractivity contribution >= 4 is 5.78 Å². The van der Waals surface area contributed by atoms with Crippen LogP contribution < -0.4 is 4.74 Å². The minimum atomic E-state index is 0.395. The van der Waals surface area contributed by atoms with Crippen LogP contribution in [0.5, 0.6) is 5.75 Å². The van der Waals surface area contributed by atoms with Gasteiger partial charge in [-0.3, -0.25) is 4.79 Å². The molecule has 3 rings (SSSR count). The highest BCUT2D eigenvalue weighted by Crippen LogP contribution is 2.36. The quantitative estimate of drug-likeness (QED) is 0.674. The maximum absolute atomic E-state index is 10.9. The Labute approximate surface area is 82.9 Å². The number of benzene rings is 1. The molecule has 0 spiro atoms. The predicted octanol–water partition coefficient (Wildman–Crippen LogP) is 2.07. The fourth-order valence-electron chi connectivity index (χ4n) is 2.19. The fourth-order valence-corrected chi connectivity index (χ4v) is 2.19. The zero-order chi connectivity index (χ0) is 9.54. The first-order valence-corrected chi connectivity index (χ1v) is 5.10. The van der Waals surface area contributed by atoms with E-state index in [1.165, 1.54) is 11.1 Å². The number of rotatable bonds is 1. The highest BCUT2D eigenvalue weighted by atomic mass is 16.5. The lowest BCUT2D eigenvalue weighted by atomic mass is 9.78. The predicted molar refractivity (Wildman–Crippen MR) is 52.6 cm³/mol. The van der Waals surface area contributed by atoms with E-state index in [2.05, 4.69) is 12.1 Å². The lowest BCUT2D eigenvalue weighted by Crippen LogP contribution is -2.21. The van der Waals surface area contributed by atoms with Gasteiger partial charge in [-0.05, 0) is 23.1 Å². The van der Waals surface area contributed by atoms with Crippen LogP contribution in [0, 0.1) is 0 Å². The average molecular weight is 188 g/mol. The molecule has 2 nitrogen and oxygen atoms in total. The SMILES string of the molecule is O=C1CC(c2ccc3c(c2)CCO3)C1. The zero-order valence-corrected chi connectivity index (χ0v) is 7.95. The second-order valence-corrected chi connectivity index (χ2v) is 4.11. The molecule has 1 aliphatic heterocycles. The van der Waals surface area contributed by atoms with Gasteiger partial charge in [-0.25, -0.2) is 0 Å². The topological polar surface area (TPSA) is 26.3 Å². The first-order valence-electron chi connectivity index (χ1n) is 5.10. The normalized spacial score (nSPS) is 20.1. The maximum atomic E-state index is 10.9. The van der Waals surface area contributed by atoms with E-state index in [4.69, 9.17) is 4.74 Å². The highest BCUT2D eigenvalue weighted by molar-refractivity contribution is 5.86. The monoisotopic (exact) mass is 188 g/mol. The Kier molecular flexibility index (Phi) is 1.63. The van der Waals surface area contributed by atoms with Crippen molar-refractivity contribution in [2.45, 2.75) is 25.2 Å². The molecule has 2 aliphatic rings. The molecule has 0 aromatic heterocycles. The summed E-state index contributed by atoms with van der Waals surface area (Å²) in [5.74, 6) is 1.90. The van der Waals surface area contributed by atoms with E-state index in [0.29, 0.717) is 11.7 Å². The number of hydrogen-bond acceptors (Lipinski definition) is 2. The number of fused-ring (bicyclic) bond motifs is 1. The molecule has 0 bridgehead atoms. The number of carbonyl (C=O) groups excluding carboxylic acids is 1. The molecule has 0 N–H and O–H groups in total. The van der Waals surface area contributed by atoms with E-state index >= 15 is 0 Å². The zero-order valence-electron chi connectivity index (χ0n) is 7.95. The Hall–Kier alpha value is -1.31. The van der Waals surface area contributed by atoms with Gasteiger partial charge in [0.05, 0.1) is 6.61 Å². The molecule has 2 heteroatoms. The molecule has 1 heterocycles. The average Bonchev–Trinajstić information content (AvgIpc) is 2.59. The molecule has 0 unspecified atom stereocenters. The lowest BCUT2D eigenvalue weighted by molar-refractivity contribution is -0.124. The van der Waals surface area contributed by atoms with E-state index in [9.17, 15) is 4.79 Å².